The van der Waals surface area contributed by atoms with Crippen LogP contribution in [0.4, 0.5) is 10.5 Å². The molecule has 0 saturated carbocycles. The number of carbonyl (C=O) groups is 2. The quantitative estimate of drug-likeness (QED) is 0.695. The van der Waals surface area contributed by atoms with Gasteiger partial charge in [0.2, 0.25) is 5.91 Å². The van der Waals surface area contributed by atoms with E-state index < -0.39 is 0 Å². The minimum Gasteiger partial charge on any atom is -0.369 e. The fraction of sp³-hybridized carbons (Fsp3) is 0.615. The van der Waals surface area contributed by atoms with Crippen LogP contribution in [-0.2, 0) is 11.8 Å². The number of primary amides is 1. The molecule has 0 spiro atoms. The van der Waals surface area contributed by atoms with Gasteiger partial charge < -0.3 is 21.3 Å². The summed E-state index contributed by atoms with van der Waals surface area (Å²) in [5.74, 6) is -0.301. The zero-order valence-electron chi connectivity index (χ0n) is 12.2. The second kappa shape index (κ2) is 7.07. The molecule has 0 unspecified atom stereocenters. The van der Waals surface area contributed by atoms with E-state index in [1.54, 1.807) is 24.1 Å². The van der Waals surface area contributed by atoms with Gasteiger partial charge in [-0.25, -0.2) is 4.79 Å². The van der Waals surface area contributed by atoms with Crippen LogP contribution in [0.1, 0.15) is 12.8 Å². The molecule has 21 heavy (non-hydrogen) atoms. The molecular formula is C13H22N6O2. The topological polar surface area (TPSA) is 105 Å². The van der Waals surface area contributed by atoms with Crippen molar-refractivity contribution in [3.63, 3.8) is 0 Å². The lowest BCUT2D eigenvalue weighted by atomic mass is 9.97. The molecule has 1 aliphatic heterocycles. The number of piperidine rings is 1. The normalized spacial score (nSPS) is 19.2. The minimum absolute atomic E-state index is 0.0667. The highest BCUT2D eigenvalue weighted by molar-refractivity contribution is 5.88. The molecule has 2 rings (SSSR count). The van der Waals surface area contributed by atoms with E-state index in [4.69, 9.17) is 5.73 Å². The average Bonchev–Trinajstić information content (AvgIpc) is 2.84. The van der Waals surface area contributed by atoms with Gasteiger partial charge in [0, 0.05) is 32.9 Å². The summed E-state index contributed by atoms with van der Waals surface area (Å²) < 4.78 is 1.62. The van der Waals surface area contributed by atoms with Crippen LogP contribution in [0.2, 0.25) is 0 Å². The molecule has 0 aromatic carbocycles. The number of rotatable bonds is 5. The number of urea groups is 1. The Bertz CT molecular complexity index is 501. The summed E-state index contributed by atoms with van der Waals surface area (Å²) in [5, 5.41) is 9.46. The Morgan fingerprint density at radius 3 is 3.00 bits per heavy atom. The van der Waals surface area contributed by atoms with Gasteiger partial charge in [-0.05, 0) is 19.4 Å². The first-order valence-electron chi connectivity index (χ1n) is 7.10. The van der Waals surface area contributed by atoms with Crippen molar-refractivity contribution < 1.29 is 9.59 Å². The highest BCUT2D eigenvalue weighted by atomic mass is 16.2. The number of hydrogen-bond donors (Lipinski definition) is 3. The second-order valence-corrected chi connectivity index (χ2v) is 5.33. The molecule has 2 heterocycles. The summed E-state index contributed by atoms with van der Waals surface area (Å²) >= 11 is 0. The van der Waals surface area contributed by atoms with Crippen molar-refractivity contribution in [1.82, 2.24) is 20.0 Å². The minimum atomic E-state index is -0.258. The van der Waals surface area contributed by atoms with Gasteiger partial charge in [-0.3, -0.25) is 9.48 Å². The monoisotopic (exact) mass is 294 g/mol. The number of nitrogens with zero attached hydrogens (tertiary/aromatic N) is 3. The van der Waals surface area contributed by atoms with E-state index in [0.717, 1.165) is 19.4 Å². The maximum absolute atomic E-state index is 11.7. The zero-order valence-corrected chi connectivity index (χ0v) is 12.2. The molecule has 4 N–H and O–H groups in total. The van der Waals surface area contributed by atoms with Gasteiger partial charge in [-0.1, -0.05) is 0 Å². The number of nitrogens with one attached hydrogen (secondary N) is 2. The Morgan fingerprint density at radius 2 is 2.33 bits per heavy atom. The van der Waals surface area contributed by atoms with Gasteiger partial charge in [0.05, 0.1) is 17.8 Å². The van der Waals surface area contributed by atoms with Crippen molar-refractivity contribution in [2.45, 2.75) is 12.8 Å². The van der Waals surface area contributed by atoms with E-state index in [9.17, 15) is 9.59 Å². The number of likely N-dealkylation sites (tertiary alicyclic amines) is 1. The van der Waals surface area contributed by atoms with Crippen molar-refractivity contribution in [3.8, 4) is 0 Å². The number of anilines is 1. The van der Waals surface area contributed by atoms with Gasteiger partial charge in [-0.2, -0.15) is 5.10 Å². The SMILES string of the molecule is Cn1cc(NC(=O)NCCN2CCC[C@@H](C(N)=O)C2)cn1. The summed E-state index contributed by atoms with van der Waals surface area (Å²) in [4.78, 5) is 25.0. The van der Waals surface area contributed by atoms with E-state index >= 15 is 0 Å². The van der Waals surface area contributed by atoms with Crippen molar-refractivity contribution in [3.05, 3.63) is 12.4 Å². The highest BCUT2D eigenvalue weighted by Crippen LogP contribution is 2.15. The second-order valence-electron chi connectivity index (χ2n) is 5.33. The van der Waals surface area contributed by atoms with E-state index in [0.29, 0.717) is 25.3 Å². The van der Waals surface area contributed by atoms with Crippen molar-refractivity contribution >= 4 is 17.6 Å². The first-order valence-corrected chi connectivity index (χ1v) is 7.10. The predicted molar refractivity (Wildman–Crippen MR) is 78.6 cm³/mol. The maximum atomic E-state index is 11.7. The lowest BCUT2D eigenvalue weighted by Crippen LogP contribution is -2.44. The predicted octanol–water partition coefficient (Wildman–Crippen LogP) is -0.261. The molecular weight excluding hydrogens is 272 g/mol. The van der Waals surface area contributed by atoms with E-state index in [-0.39, 0.29) is 17.9 Å². The lowest BCUT2D eigenvalue weighted by Gasteiger charge is -2.31. The smallest absolute Gasteiger partial charge is 0.319 e. The molecule has 1 aliphatic rings. The summed E-state index contributed by atoms with van der Waals surface area (Å²) in [7, 11) is 1.79. The van der Waals surface area contributed by atoms with E-state index in [2.05, 4.69) is 20.6 Å². The molecule has 8 heteroatoms. The van der Waals surface area contributed by atoms with Gasteiger partial charge in [0.1, 0.15) is 0 Å². The lowest BCUT2D eigenvalue weighted by molar-refractivity contribution is -0.123. The molecule has 1 aromatic rings. The Kier molecular flexibility index (Phi) is 5.15. The van der Waals surface area contributed by atoms with Crippen LogP contribution in [0.5, 0.6) is 0 Å². The Morgan fingerprint density at radius 1 is 1.52 bits per heavy atom. The molecule has 3 amide bonds. The van der Waals surface area contributed by atoms with Crippen molar-refractivity contribution in [1.29, 1.82) is 0 Å². The first kappa shape index (κ1) is 15.3. The maximum Gasteiger partial charge on any atom is 0.319 e. The molecule has 1 aromatic heterocycles. The largest absolute Gasteiger partial charge is 0.369 e. The fourth-order valence-corrected chi connectivity index (χ4v) is 2.48. The van der Waals surface area contributed by atoms with Crippen molar-refractivity contribution in [2.24, 2.45) is 18.7 Å². The van der Waals surface area contributed by atoms with Crippen LogP contribution < -0.4 is 16.4 Å². The van der Waals surface area contributed by atoms with Crippen LogP contribution in [0.3, 0.4) is 0 Å². The summed E-state index contributed by atoms with van der Waals surface area (Å²) in [6.07, 6.45) is 5.14. The highest BCUT2D eigenvalue weighted by Gasteiger charge is 2.23. The Labute approximate surface area is 123 Å². The summed E-state index contributed by atoms with van der Waals surface area (Å²) in [6.45, 7) is 2.86. The van der Waals surface area contributed by atoms with Crippen molar-refractivity contribution in [2.75, 3.05) is 31.5 Å². The molecule has 1 fully saturated rings. The Balaban J connectivity index is 1.66. The Hall–Kier alpha value is -2.09. The third kappa shape index (κ3) is 4.75. The average molecular weight is 294 g/mol. The number of amides is 3. The third-order valence-corrected chi connectivity index (χ3v) is 3.58. The molecule has 8 nitrogen and oxygen atoms in total. The van der Waals surface area contributed by atoms with Gasteiger partial charge in [0.15, 0.2) is 0 Å². The van der Waals surface area contributed by atoms with Gasteiger partial charge in [-0.15, -0.1) is 0 Å². The number of nitrogens with two attached hydrogens (primary N) is 1. The number of aryl methyl sites for hydroxylation is 1. The number of aromatic nitrogens is 2. The number of carbonyl (C=O) groups excluding carboxylic acids is 2. The first-order chi connectivity index (χ1) is 10.0. The van der Waals surface area contributed by atoms with E-state index in [1.165, 1.54) is 0 Å². The molecule has 0 bridgehead atoms. The molecule has 1 atom stereocenters. The van der Waals surface area contributed by atoms with Crippen LogP contribution in [0.15, 0.2) is 12.4 Å². The molecule has 0 radical (unpaired) electrons. The fourth-order valence-electron chi connectivity index (χ4n) is 2.48. The summed E-state index contributed by atoms with van der Waals surface area (Å²) in [6, 6.07) is -0.258. The third-order valence-electron chi connectivity index (χ3n) is 3.58. The van der Waals surface area contributed by atoms with Gasteiger partial charge >= 0.3 is 6.03 Å². The van der Waals surface area contributed by atoms with Crippen LogP contribution in [0, 0.1) is 5.92 Å². The molecule has 0 aliphatic carbocycles. The van der Waals surface area contributed by atoms with E-state index in [1.807, 2.05) is 0 Å². The van der Waals surface area contributed by atoms with Crippen LogP contribution in [-0.4, -0.2) is 52.8 Å². The summed E-state index contributed by atoms with van der Waals surface area (Å²) in [5.41, 5.74) is 6.00. The number of hydrogen-bond acceptors (Lipinski definition) is 4. The standard InChI is InChI=1S/C13H22N6O2/c1-18-9-11(7-16-18)17-13(21)15-4-6-19-5-2-3-10(8-19)12(14)20/h7,9-10H,2-6,8H2,1H3,(H2,14,20)(H2,15,17,21)/t10-/m1/s1. The molecule has 1 saturated heterocycles. The van der Waals surface area contributed by atoms with Crippen LogP contribution >= 0.6 is 0 Å². The van der Waals surface area contributed by atoms with Gasteiger partial charge in [0.25, 0.3) is 0 Å². The molecule has 116 valence electrons. The zero-order chi connectivity index (χ0) is 15.2. The van der Waals surface area contributed by atoms with Crippen LogP contribution in [0.25, 0.3) is 0 Å².